The third kappa shape index (κ3) is 20.7. The molecular formula is C94H100N4O22. The normalized spacial score (nSPS) is 13.3. The minimum absolute atomic E-state index is 0.000704. The molecule has 2 N–H and O–H groups in total. The summed E-state index contributed by atoms with van der Waals surface area (Å²) in [7, 11) is 0. The second kappa shape index (κ2) is 42.2. The van der Waals surface area contributed by atoms with Crippen molar-refractivity contribution < 1.29 is 105 Å². The van der Waals surface area contributed by atoms with Gasteiger partial charge in [-0.15, -0.1) is 0 Å². The lowest BCUT2D eigenvalue weighted by molar-refractivity contribution is -0.140. The van der Waals surface area contributed by atoms with Gasteiger partial charge in [0.1, 0.15) is 84.5 Å². The second-order valence-electron chi connectivity index (χ2n) is 28.8. The van der Waals surface area contributed by atoms with Crippen LogP contribution in [0.25, 0.3) is 43.1 Å². The Hall–Kier alpha value is -12.6. The molecule has 2 aliphatic heterocycles. The highest BCUT2D eigenvalue weighted by Gasteiger charge is 2.48. The number of carbonyl (C=O) groups is 10. The Bertz CT molecular complexity index is 4680. The van der Waals surface area contributed by atoms with E-state index in [0.717, 1.165) is 56.4 Å². The van der Waals surface area contributed by atoms with Gasteiger partial charge in [-0.25, -0.2) is 19.2 Å². The number of benzene rings is 9. The summed E-state index contributed by atoms with van der Waals surface area (Å²) in [5.41, 5.74) is 3.12. The van der Waals surface area contributed by atoms with Gasteiger partial charge in [0.05, 0.1) is 75.1 Å². The molecule has 0 aromatic heterocycles. The Kier molecular flexibility index (Phi) is 31.0. The quantitative estimate of drug-likeness (QED) is 0.00680. The van der Waals surface area contributed by atoms with Crippen molar-refractivity contribution in [2.75, 3.05) is 92.4 Å². The van der Waals surface area contributed by atoms with E-state index in [4.69, 9.17) is 56.8 Å². The van der Waals surface area contributed by atoms with Crippen LogP contribution in [0.1, 0.15) is 131 Å². The lowest BCUT2D eigenvalue weighted by Gasteiger charge is -2.37. The highest BCUT2D eigenvalue weighted by molar-refractivity contribution is 6.45. The average Bonchev–Trinajstić information content (AvgIpc) is 0.669. The van der Waals surface area contributed by atoms with Crippen molar-refractivity contribution in [3.8, 4) is 46.0 Å². The van der Waals surface area contributed by atoms with Crippen LogP contribution in [0.4, 0.5) is 0 Å². The van der Waals surface area contributed by atoms with Crippen molar-refractivity contribution >= 4 is 102 Å². The number of esters is 4. The average molecular weight is 1640 g/mol. The highest BCUT2D eigenvalue weighted by atomic mass is 16.6. The van der Waals surface area contributed by atoms with Gasteiger partial charge >= 0.3 is 23.9 Å². The number of nitrogens with zero attached hydrogens (tertiary/aromatic N) is 2. The van der Waals surface area contributed by atoms with Crippen molar-refractivity contribution in [3.05, 3.63) is 216 Å². The van der Waals surface area contributed by atoms with Crippen LogP contribution in [0.3, 0.4) is 0 Å². The van der Waals surface area contributed by atoms with Gasteiger partial charge in [-0.3, -0.25) is 38.6 Å². The fraction of sp³-hybridized carbons (Fsp3) is 0.340. The fourth-order valence-electron chi connectivity index (χ4n) is 14.4. The van der Waals surface area contributed by atoms with Gasteiger partial charge in [0, 0.05) is 80.5 Å². The third-order valence-corrected chi connectivity index (χ3v) is 20.8. The predicted molar refractivity (Wildman–Crippen MR) is 451 cm³/mol. The Morgan fingerprint density at radius 3 is 0.775 bits per heavy atom. The minimum atomic E-state index is -1.34. The second-order valence-corrected chi connectivity index (χ2v) is 28.8. The molecule has 11 rings (SSSR count). The maximum Gasteiger partial charge on any atom is 0.330 e. The maximum absolute atomic E-state index is 16.4. The van der Waals surface area contributed by atoms with Gasteiger partial charge in [0.2, 0.25) is 11.8 Å². The van der Waals surface area contributed by atoms with Crippen LogP contribution in [-0.2, 0) is 92.3 Å². The van der Waals surface area contributed by atoms with Crippen LogP contribution in [0.5, 0.6) is 46.0 Å². The molecule has 4 atom stereocenters. The first-order valence-electron chi connectivity index (χ1n) is 40.4. The van der Waals surface area contributed by atoms with Gasteiger partial charge < -0.3 is 67.5 Å². The van der Waals surface area contributed by atoms with Crippen molar-refractivity contribution in [2.24, 2.45) is 11.8 Å². The third-order valence-electron chi connectivity index (χ3n) is 20.8. The molecule has 0 saturated carbocycles. The summed E-state index contributed by atoms with van der Waals surface area (Å²) in [6.07, 6.45) is 7.83. The van der Waals surface area contributed by atoms with Crippen LogP contribution in [0, 0.1) is 11.8 Å². The maximum atomic E-state index is 16.4. The topological polar surface area (TPSA) is 312 Å². The van der Waals surface area contributed by atoms with E-state index >= 15 is 19.2 Å². The van der Waals surface area contributed by atoms with Gasteiger partial charge in [-0.2, -0.15) is 0 Å². The van der Waals surface area contributed by atoms with Crippen LogP contribution in [-0.4, -0.2) is 174 Å². The first kappa shape index (κ1) is 88.2. The Morgan fingerprint density at radius 2 is 0.567 bits per heavy atom. The molecule has 2 heterocycles. The van der Waals surface area contributed by atoms with Gasteiger partial charge in [-0.1, -0.05) is 129 Å². The number of hydrogen-bond acceptors (Lipinski definition) is 22. The van der Waals surface area contributed by atoms with Gasteiger partial charge in [0.25, 0.3) is 23.6 Å². The Morgan fingerprint density at radius 1 is 0.333 bits per heavy atom. The van der Waals surface area contributed by atoms with Crippen molar-refractivity contribution in [1.82, 2.24) is 20.4 Å². The molecule has 0 aliphatic carbocycles. The van der Waals surface area contributed by atoms with E-state index in [9.17, 15) is 28.8 Å². The number of nitrogens with one attached hydrogen (secondary N) is 2. The minimum Gasteiger partial charge on any atom is -0.460 e. The largest absolute Gasteiger partial charge is 0.460 e. The summed E-state index contributed by atoms with van der Waals surface area (Å²) in [5, 5.41) is 7.34. The lowest BCUT2D eigenvalue weighted by atomic mass is 9.80. The zero-order valence-corrected chi connectivity index (χ0v) is 68.4. The summed E-state index contributed by atoms with van der Waals surface area (Å²) in [6, 6.07) is 32.0. The van der Waals surface area contributed by atoms with Crippen LogP contribution in [0.15, 0.2) is 172 Å². The van der Waals surface area contributed by atoms with E-state index < -0.39 is 83.2 Å². The monoisotopic (exact) mass is 1640 g/mol. The summed E-state index contributed by atoms with van der Waals surface area (Å²) >= 11 is 0. The summed E-state index contributed by atoms with van der Waals surface area (Å²) < 4.78 is 73.0. The predicted octanol–water partition coefficient (Wildman–Crippen LogP) is 15.1. The van der Waals surface area contributed by atoms with Crippen molar-refractivity contribution in [1.29, 1.82) is 0 Å². The molecule has 9 aromatic rings. The molecule has 0 bridgehead atoms. The van der Waals surface area contributed by atoms with Crippen molar-refractivity contribution in [2.45, 2.75) is 105 Å². The van der Waals surface area contributed by atoms with Gasteiger partial charge in [0.15, 0.2) is 0 Å². The smallest absolute Gasteiger partial charge is 0.330 e. The Balaban J connectivity index is 1.22. The molecule has 0 spiro atoms. The first-order chi connectivity index (χ1) is 58.2. The summed E-state index contributed by atoms with van der Waals surface area (Å²) in [4.78, 5) is 145. The highest BCUT2D eigenvalue weighted by Crippen LogP contribution is 2.58. The zero-order valence-electron chi connectivity index (χ0n) is 68.4. The van der Waals surface area contributed by atoms with E-state index in [-0.39, 0.29) is 204 Å². The number of rotatable bonds is 48. The molecule has 2 aliphatic rings. The van der Waals surface area contributed by atoms with E-state index in [1.54, 1.807) is 62.4 Å². The molecular weight excluding hydrogens is 1540 g/mol. The molecule has 6 amide bonds. The number of ether oxygens (including phenoxy) is 12. The molecule has 120 heavy (non-hydrogen) atoms. The molecule has 0 fully saturated rings. The van der Waals surface area contributed by atoms with Crippen LogP contribution < -0.4 is 29.6 Å². The van der Waals surface area contributed by atoms with E-state index in [1.165, 1.54) is 24.3 Å². The van der Waals surface area contributed by atoms with Crippen LogP contribution >= 0.6 is 0 Å². The fourth-order valence-corrected chi connectivity index (χ4v) is 14.4. The molecule has 0 radical (unpaired) electrons. The van der Waals surface area contributed by atoms with Gasteiger partial charge in [-0.05, 0) is 145 Å². The zero-order chi connectivity index (χ0) is 85.5. The van der Waals surface area contributed by atoms with E-state index in [2.05, 4.69) is 36.9 Å². The molecule has 26 heteroatoms. The molecule has 0 saturated heterocycles. The van der Waals surface area contributed by atoms with Crippen molar-refractivity contribution in [3.63, 3.8) is 0 Å². The molecule has 628 valence electrons. The number of imide groups is 2. The number of carbonyl (C=O) groups excluding carboxylic acids is 10. The molecule has 26 nitrogen and oxygen atoms in total. The number of fused-ring (bicyclic) bond motifs is 2. The first-order valence-corrected chi connectivity index (χ1v) is 40.4. The van der Waals surface area contributed by atoms with E-state index in [1.807, 2.05) is 76.2 Å². The summed E-state index contributed by atoms with van der Waals surface area (Å²) in [5.74, 6) is -6.86. The Labute approximate surface area is 695 Å². The lowest BCUT2D eigenvalue weighted by Crippen LogP contribution is -2.56. The van der Waals surface area contributed by atoms with Crippen LogP contribution in [0.2, 0.25) is 0 Å². The van der Waals surface area contributed by atoms with E-state index in [0.29, 0.717) is 51.4 Å². The number of hydrogen-bond donors (Lipinski definition) is 2. The molecule has 4 unspecified atom stereocenters. The SMILES string of the molecule is C=CC(=O)OCCOCCc1ccc(Oc2cc3c4c(cc(Oc5ccc(CCOCCOC(=O)C=C)cc5)c5c6c(Oc7ccc(CCOCCOC(=O)C=C)cc7)cc7c8c(cc(Oc9ccc(CCOCCOC(=O)C=C)cc9)c(c2c45)c86)C(=O)N(C(C(=O)NCCC)C(C)CC)C7=O)C(=O)N(C(C(=O)NCCC)C(C)CC)C3=O)cc1. The standard InChI is InChI=1S/C94H100N4O22/c1-11-39-95-89(103)87(57(9)13-3)97-91(105)67-53-71(117-63-27-19-59(20-28-63)35-41-109-45-49-113-75(99)15-5)81-83-73(119-65-31-23-61(24-32-65)37-43-111-47-51-115-77(101)17-7)55-69-80-70(94(108)98(93(69)107)88(58(10)14-4)90(104)96-40-12-2)56-74(120-66-33-25-62(26-34-66)38-44-112-48-52-116-78(102)18-8)84(86(80)83)82-72(54-68(92(97)106)79(67)85(81)82)118-64-29-21-60(22-30-64)36-42-110-46-50-114-76(100)16-6/h15-34,53-58,87-88H,5-8,11-14,35-52H2,1-4,9-10H3,(H,95,103)(H,96,104). The molecule has 9 aromatic carbocycles. The summed E-state index contributed by atoms with van der Waals surface area (Å²) in [6.45, 7) is 27.0. The number of amides is 6.